The van der Waals surface area contributed by atoms with E-state index in [0.29, 0.717) is 19.5 Å². The molecule has 4 nitrogen and oxygen atoms in total. The van der Waals surface area contributed by atoms with E-state index in [9.17, 15) is 5.11 Å². The number of benzene rings is 2. The van der Waals surface area contributed by atoms with E-state index in [1.54, 1.807) is 7.11 Å². The number of fused-ring (bicyclic) bond motifs is 1. The van der Waals surface area contributed by atoms with Crippen LogP contribution in [0.2, 0.25) is 0 Å². The van der Waals surface area contributed by atoms with Crippen LogP contribution < -0.4 is 4.74 Å². The molecule has 2 N–H and O–H groups in total. The summed E-state index contributed by atoms with van der Waals surface area (Å²) < 4.78 is 5.50. The van der Waals surface area contributed by atoms with Gasteiger partial charge in [-0.2, -0.15) is 0 Å². The molecular formula is C17H23NO3. The van der Waals surface area contributed by atoms with Crippen LogP contribution in [0.1, 0.15) is 12.0 Å². The monoisotopic (exact) mass is 289 g/mol. The third-order valence-electron chi connectivity index (χ3n) is 3.65. The molecule has 2 aromatic rings. The smallest absolute Gasteiger partial charge is 0.123 e. The highest BCUT2D eigenvalue weighted by molar-refractivity contribution is 5.87. The van der Waals surface area contributed by atoms with E-state index in [2.05, 4.69) is 23.1 Å². The van der Waals surface area contributed by atoms with Gasteiger partial charge in [-0.3, -0.25) is 4.90 Å². The molecule has 114 valence electrons. The standard InChI is InChI=1S/C17H23NO3/c1-21-17-8-7-14-5-2-3-6-15(14)16(17)13-18(10-12-20)9-4-11-19/h2-3,5-8,19-20H,4,9-13H2,1H3. The van der Waals surface area contributed by atoms with Crippen LogP contribution in [0, 0.1) is 0 Å². The molecule has 0 aliphatic carbocycles. The summed E-state index contributed by atoms with van der Waals surface area (Å²) in [5.74, 6) is 0.862. The molecule has 2 rings (SSSR count). The third-order valence-corrected chi connectivity index (χ3v) is 3.65. The van der Waals surface area contributed by atoms with Crippen molar-refractivity contribution in [1.82, 2.24) is 4.90 Å². The number of hydrogen-bond donors (Lipinski definition) is 2. The Hall–Kier alpha value is -1.62. The molecule has 0 saturated heterocycles. The number of methoxy groups -OCH3 is 1. The average Bonchev–Trinajstić information content (AvgIpc) is 2.53. The maximum absolute atomic E-state index is 9.22. The van der Waals surface area contributed by atoms with Crippen molar-refractivity contribution in [2.75, 3.05) is 33.4 Å². The summed E-state index contributed by atoms with van der Waals surface area (Å²) in [5.41, 5.74) is 1.13. The summed E-state index contributed by atoms with van der Waals surface area (Å²) in [7, 11) is 1.68. The summed E-state index contributed by atoms with van der Waals surface area (Å²) in [5, 5.41) is 20.6. The number of aliphatic hydroxyl groups is 2. The number of nitrogens with zero attached hydrogens (tertiary/aromatic N) is 1. The van der Waals surface area contributed by atoms with E-state index >= 15 is 0 Å². The zero-order valence-corrected chi connectivity index (χ0v) is 12.5. The molecular weight excluding hydrogens is 266 g/mol. The van der Waals surface area contributed by atoms with E-state index in [1.165, 1.54) is 10.8 Å². The van der Waals surface area contributed by atoms with Crippen molar-refractivity contribution in [2.24, 2.45) is 0 Å². The molecule has 0 aliphatic heterocycles. The van der Waals surface area contributed by atoms with E-state index in [0.717, 1.165) is 17.9 Å². The molecule has 0 amide bonds. The Labute approximate surface area is 125 Å². The quantitative estimate of drug-likeness (QED) is 0.781. The fourth-order valence-electron chi connectivity index (χ4n) is 2.60. The molecule has 0 atom stereocenters. The van der Waals surface area contributed by atoms with Crippen LogP contribution in [0.15, 0.2) is 36.4 Å². The van der Waals surface area contributed by atoms with Gasteiger partial charge in [0.1, 0.15) is 5.75 Å². The molecule has 0 radical (unpaired) electrons. The predicted octanol–water partition coefficient (Wildman–Crippen LogP) is 2.03. The first kappa shape index (κ1) is 15.8. The second kappa shape index (κ2) is 7.98. The van der Waals surface area contributed by atoms with Gasteiger partial charge in [-0.15, -0.1) is 0 Å². The molecule has 0 aromatic heterocycles. The first-order chi connectivity index (χ1) is 10.3. The average molecular weight is 289 g/mol. The van der Waals surface area contributed by atoms with Crippen LogP contribution in [0.3, 0.4) is 0 Å². The van der Waals surface area contributed by atoms with E-state index in [-0.39, 0.29) is 13.2 Å². The van der Waals surface area contributed by atoms with Gasteiger partial charge in [-0.1, -0.05) is 30.3 Å². The molecule has 0 saturated carbocycles. The molecule has 2 aromatic carbocycles. The Kier molecular flexibility index (Phi) is 5.99. The minimum Gasteiger partial charge on any atom is -0.496 e. The Morgan fingerprint density at radius 2 is 1.81 bits per heavy atom. The second-order valence-corrected chi connectivity index (χ2v) is 5.04. The Morgan fingerprint density at radius 1 is 1.00 bits per heavy atom. The lowest BCUT2D eigenvalue weighted by atomic mass is 10.0. The van der Waals surface area contributed by atoms with Gasteiger partial charge in [0, 0.05) is 31.8 Å². The number of hydrogen-bond acceptors (Lipinski definition) is 4. The van der Waals surface area contributed by atoms with Crippen molar-refractivity contribution in [3.05, 3.63) is 42.0 Å². The summed E-state index contributed by atoms with van der Waals surface area (Å²) >= 11 is 0. The molecule has 0 spiro atoms. The lowest BCUT2D eigenvalue weighted by molar-refractivity contribution is 0.173. The second-order valence-electron chi connectivity index (χ2n) is 5.04. The fraction of sp³-hybridized carbons (Fsp3) is 0.412. The Balaban J connectivity index is 2.33. The number of ether oxygens (including phenoxy) is 1. The maximum Gasteiger partial charge on any atom is 0.123 e. The van der Waals surface area contributed by atoms with Crippen molar-refractivity contribution in [3.8, 4) is 5.75 Å². The topological polar surface area (TPSA) is 52.9 Å². The van der Waals surface area contributed by atoms with Crippen molar-refractivity contribution in [3.63, 3.8) is 0 Å². The summed E-state index contributed by atoms with van der Waals surface area (Å²) in [4.78, 5) is 2.14. The molecule has 0 heterocycles. The lowest BCUT2D eigenvalue weighted by Crippen LogP contribution is -2.28. The van der Waals surface area contributed by atoms with Crippen LogP contribution in [0.5, 0.6) is 5.75 Å². The van der Waals surface area contributed by atoms with Crippen LogP contribution in [0.4, 0.5) is 0 Å². The van der Waals surface area contributed by atoms with E-state index in [4.69, 9.17) is 9.84 Å². The van der Waals surface area contributed by atoms with Crippen molar-refractivity contribution >= 4 is 10.8 Å². The molecule has 21 heavy (non-hydrogen) atoms. The van der Waals surface area contributed by atoms with Crippen LogP contribution in [0.25, 0.3) is 10.8 Å². The van der Waals surface area contributed by atoms with E-state index < -0.39 is 0 Å². The number of aliphatic hydroxyl groups excluding tert-OH is 2. The molecule has 4 heteroatoms. The lowest BCUT2D eigenvalue weighted by Gasteiger charge is -2.23. The van der Waals surface area contributed by atoms with Gasteiger partial charge in [0.25, 0.3) is 0 Å². The van der Waals surface area contributed by atoms with Gasteiger partial charge in [-0.05, 0) is 23.3 Å². The first-order valence-electron chi connectivity index (χ1n) is 7.29. The van der Waals surface area contributed by atoms with Gasteiger partial charge in [0.05, 0.1) is 13.7 Å². The van der Waals surface area contributed by atoms with Crippen molar-refractivity contribution in [2.45, 2.75) is 13.0 Å². The largest absolute Gasteiger partial charge is 0.496 e. The molecule has 0 bridgehead atoms. The van der Waals surface area contributed by atoms with Crippen molar-refractivity contribution < 1.29 is 14.9 Å². The first-order valence-corrected chi connectivity index (χ1v) is 7.29. The predicted molar refractivity (Wildman–Crippen MR) is 84.6 cm³/mol. The van der Waals surface area contributed by atoms with Gasteiger partial charge >= 0.3 is 0 Å². The zero-order chi connectivity index (χ0) is 15.1. The SMILES string of the molecule is COc1ccc2ccccc2c1CN(CCO)CCCO. The van der Waals surface area contributed by atoms with Gasteiger partial charge in [0.15, 0.2) is 0 Å². The number of rotatable bonds is 8. The maximum atomic E-state index is 9.22. The highest BCUT2D eigenvalue weighted by Gasteiger charge is 2.12. The Morgan fingerprint density at radius 3 is 2.52 bits per heavy atom. The Bertz CT molecular complexity index is 571. The normalized spacial score (nSPS) is 11.2. The minimum atomic E-state index is 0.110. The summed E-state index contributed by atoms with van der Waals surface area (Å²) in [6, 6.07) is 12.3. The zero-order valence-electron chi connectivity index (χ0n) is 12.5. The fourth-order valence-corrected chi connectivity index (χ4v) is 2.60. The van der Waals surface area contributed by atoms with Gasteiger partial charge in [-0.25, -0.2) is 0 Å². The highest BCUT2D eigenvalue weighted by atomic mass is 16.5. The van der Waals surface area contributed by atoms with Crippen LogP contribution in [-0.2, 0) is 6.54 Å². The van der Waals surface area contributed by atoms with Crippen molar-refractivity contribution in [1.29, 1.82) is 0 Å². The van der Waals surface area contributed by atoms with Crippen LogP contribution >= 0.6 is 0 Å². The highest BCUT2D eigenvalue weighted by Crippen LogP contribution is 2.29. The molecule has 0 aliphatic rings. The summed E-state index contributed by atoms with van der Waals surface area (Å²) in [6.45, 7) is 2.31. The molecule has 0 unspecified atom stereocenters. The minimum absolute atomic E-state index is 0.110. The van der Waals surface area contributed by atoms with Gasteiger partial charge in [0.2, 0.25) is 0 Å². The van der Waals surface area contributed by atoms with Crippen LogP contribution in [-0.4, -0.2) is 48.5 Å². The third kappa shape index (κ3) is 3.94. The van der Waals surface area contributed by atoms with Gasteiger partial charge < -0.3 is 14.9 Å². The van der Waals surface area contributed by atoms with E-state index in [1.807, 2.05) is 18.2 Å². The summed E-state index contributed by atoms with van der Waals surface area (Å²) in [6.07, 6.45) is 0.701. The molecule has 0 fully saturated rings.